The Hall–Kier alpha value is -1.77. The monoisotopic (exact) mass is 742 g/mol. The van der Waals surface area contributed by atoms with Crippen molar-refractivity contribution in [2.45, 2.75) is 187 Å². The van der Waals surface area contributed by atoms with Crippen LogP contribution < -0.4 is 5.73 Å². The van der Waals surface area contributed by atoms with E-state index in [4.69, 9.17) is 24.3 Å². The summed E-state index contributed by atoms with van der Waals surface area (Å²) in [6, 6.07) is 0. The van der Waals surface area contributed by atoms with Gasteiger partial charge < -0.3 is 20.1 Å². The molecule has 0 saturated heterocycles. The average Bonchev–Trinajstić information content (AvgIpc) is 3.11. The van der Waals surface area contributed by atoms with Gasteiger partial charge in [-0.15, -0.1) is 0 Å². The zero-order valence-corrected chi connectivity index (χ0v) is 33.5. The van der Waals surface area contributed by atoms with Crippen molar-refractivity contribution in [3.8, 4) is 0 Å². The molecule has 0 aromatic carbocycles. The fourth-order valence-electron chi connectivity index (χ4n) is 5.42. The van der Waals surface area contributed by atoms with Gasteiger partial charge in [0.25, 0.3) is 0 Å². The average molecular weight is 742 g/mol. The molecule has 0 aromatic rings. The number of phosphoric acid groups is 1. The van der Waals surface area contributed by atoms with E-state index in [2.05, 4.69) is 50.3 Å². The van der Waals surface area contributed by atoms with Gasteiger partial charge in [0.1, 0.15) is 6.61 Å². The van der Waals surface area contributed by atoms with Gasteiger partial charge in [-0.3, -0.25) is 18.6 Å². The summed E-state index contributed by atoms with van der Waals surface area (Å²) in [6.45, 7) is 3.66. The van der Waals surface area contributed by atoms with Crippen molar-refractivity contribution < 1.29 is 37.6 Å². The molecule has 51 heavy (non-hydrogen) atoms. The van der Waals surface area contributed by atoms with Crippen molar-refractivity contribution in [2.75, 3.05) is 26.4 Å². The highest BCUT2D eigenvalue weighted by molar-refractivity contribution is 7.47. The van der Waals surface area contributed by atoms with Crippen molar-refractivity contribution in [1.29, 1.82) is 0 Å². The topological polar surface area (TPSA) is 134 Å². The maximum atomic E-state index is 12.5. The molecule has 0 amide bonds. The Morgan fingerprint density at radius 3 is 1.51 bits per heavy atom. The van der Waals surface area contributed by atoms with Crippen LogP contribution in [0.4, 0.5) is 0 Å². The van der Waals surface area contributed by atoms with E-state index in [0.29, 0.717) is 12.8 Å². The Morgan fingerprint density at radius 2 is 1.02 bits per heavy atom. The number of allylic oxidation sites excluding steroid dienone is 6. The molecule has 9 nitrogen and oxygen atoms in total. The molecular formula is C41H76NO8P. The minimum absolute atomic E-state index is 0.0462. The summed E-state index contributed by atoms with van der Waals surface area (Å²) >= 11 is 0. The third-order valence-electron chi connectivity index (χ3n) is 8.50. The molecule has 0 aliphatic rings. The van der Waals surface area contributed by atoms with E-state index in [1.807, 2.05) is 0 Å². The predicted octanol–water partition coefficient (Wildman–Crippen LogP) is 11.4. The van der Waals surface area contributed by atoms with Gasteiger partial charge in [0.05, 0.1) is 13.2 Å². The minimum atomic E-state index is -4.38. The van der Waals surface area contributed by atoms with E-state index in [1.54, 1.807) is 0 Å². The standard InChI is InChI=1S/C41H76NO8P/c1-3-5-7-9-11-13-15-17-19-21-23-25-27-29-31-33-40(43)47-37-39(38-49-51(45,46)48-36-35-42)50-41(44)34-32-30-28-26-24-22-20-18-16-14-12-10-8-6-4-2/h17,19,23-26,39H,3-16,18,20-22,27-38,42H2,1-2H3,(H,45,46)/b19-17+,25-23+,26-24+/t39-/m1/s1. The van der Waals surface area contributed by atoms with E-state index >= 15 is 0 Å². The van der Waals surface area contributed by atoms with Crippen molar-refractivity contribution in [3.63, 3.8) is 0 Å². The number of carbonyl (C=O) groups is 2. The lowest BCUT2D eigenvalue weighted by atomic mass is 10.1. The summed E-state index contributed by atoms with van der Waals surface area (Å²) in [5.74, 6) is -0.892. The molecule has 2 atom stereocenters. The van der Waals surface area contributed by atoms with Gasteiger partial charge in [0.2, 0.25) is 0 Å². The van der Waals surface area contributed by atoms with Crippen LogP contribution in [0.2, 0.25) is 0 Å². The summed E-state index contributed by atoms with van der Waals surface area (Å²) in [7, 11) is -4.38. The van der Waals surface area contributed by atoms with Crippen molar-refractivity contribution >= 4 is 19.8 Å². The SMILES string of the molecule is CCCCCCCC/C=C/C/C=C/CCCCC(=O)OC[C@H](COP(=O)(O)OCCN)OC(=O)CCCC/C=C/CCCCCCCCCCC. The first-order chi connectivity index (χ1) is 24.8. The minimum Gasteiger partial charge on any atom is -0.462 e. The largest absolute Gasteiger partial charge is 0.472 e. The molecule has 0 aliphatic carbocycles. The van der Waals surface area contributed by atoms with E-state index in [1.165, 1.54) is 96.3 Å². The van der Waals surface area contributed by atoms with E-state index in [-0.39, 0.29) is 32.6 Å². The van der Waals surface area contributed by atoms with Gasteiger partial charge in [0, 0.05) is 19.4 Å². The molecule has 10 heteroatoms. The van der Waals surface area contributed by atoms with Gasteiger partial charge in [-0.05, 0) is 70.6 Å². The molecule has 0 fully saturated rings. The molecule has 0 bridgehead atoms. The summed E-state index contributed by atoms with van der Waals surface area (Å²) in [5, 5.41) is 0. The van der Waals surface area contributed by atoms with Crippen LogP contribution in [0.1, 0.15) is 181 Å². The molecule has 0 saturated carbocycles. The lowest BCUT2D eigenvalue weighted by Crippen LogP contribution is -2.29. The first-order valence-corrected chi connectivity index (χ1v) is 22.0. The van der Waals surface area contributed by atoms with E-state index < -0.39 is 32.5 Å². The number of esters is 2. The van der Waals surface area contributed by atoms with Gasteiger partial charge >= 0.3 is 19.8 Å². The number of phosphoric ester groups is 1. The highest BCUT2D eigenvalue weighted by Gasteiger charge is 2.25. The zero-order valence-electron chi connectivity index (χ0n) is 32.6. The Balaban J connectivity index is 4.27. The fourth-order valence-corrected chi connectivity index (χ4v) is 6.19. The Kier molecular flexibility index (Phi) is 36.7. The van der Waals surface area contributed by atoms with Crippen LogP contribution in [-0.2, 0) is 32.7 Å². The molecule has 0 aromatic heterocycles. The van der Waals surface area contributed by atoms with Crippen LogP contribution >= 0.6 is 7.82 Å². The second-order valence-corrected chi connectivity index (χ2v) is 14.9. The Labute approximate surface area is 312 Å². The van der Waals surface area contributed by atoms with Crippen LogP contribution in [0.25, 0.3) is 0 Å². The quantitative estimate of drug-likeness (QED) is 0.0274. The lowest BCUT2D eigenvalue weighted by Gasteiger charge is -2.19. The van der Waals surface area contributed by atoms with Crippen LogP contribution in [0.3, 0.4) is 0 Å². The molecule has 1 unspecified atom stereocenters. The highest BCUT2D eigenvalue weighted by atomic mass is 31.2. The predicted molar refractivity (Wildman–Crippen MR) is 210 cm³/mol. The highest BCUT2D eigenvalue weighted by Crippen LogP contribution is 2.43. The van der Waals surface area contributed by atoms with E-state index in [0.717, 1.165) is 44.9 Å². The van der Waals surface area contributed by atoms with Crippen LogP contribution in [0.5, 0.6) is 0 Å². The van der Waals surface area contributed by atoms with Crippen molar-refractivity contribution in [1.82, 2.24) is 0 Å². The van der Waals surface area contributed by atoms with Crippen LogP contribution in [0.15, 0.2) is 36.5 Å². The lowest BCUT2D eigenvalue weighted by molar-refractivity contribution is -0.161. The third-order valence-corrected chi connectivity index (χ3v) is 9.48. The summed E-state index contributed by atoms with van der Waals surface area (Å²) in [6.07, 6.45) is 40.4. The number of hydrogen-bond donors (Lipinski definition) is 2. The molecule has 298 valence electrons. The van der Waals surface area contributed by atoms with Crippen molar-refractivity contribution in [3.05, 3.63) is 36.5 Å². The molecule has 0 heterocycles. The van der Waals surface area contributed by atoms with Gasteiger partial charge in [-0.1, -0.05) is 134 Å². The number of unbranched alkanes of at least 4 members (excludes halogenated alkanes) is 19. The summed E-state index contributed by atoms with van der Waals surface area (Å²) in [5.41, 5.74) is 5.33. The van der Waals surface area contributed by atoms with Crippen molar-refractivity contribution in [2.24, 2.45) is 5.73 Å². The molecule has 0 spiro atoms. The molecule has 0 radical (unpaired) electrons. The van der Waals surface area contributed by atoms with Gasteiger partial charge in [-0.25, -0.2) is 4.57 Å². The normalized spacial score (nSPS) is 13.7. The summed E-state index contributed by atoms with van der Waals surface area (Å²) < 4.78 is 32.6. The van der Waals surface area contributed by atoms with Gasteiger partial charge in [-0.2, -0.15) is 0 Å². The second kappa shape index (κ2) is 38.0. The van der Waals surface area contributed by atoms with Crippen LogP contribution in [0, 0.1) is 0 Å². The Morgan fingerprint density at radius 1 is 0.588 bits per heavy atom. The third kappa shape index (κ3) is 37.8. The molecule has 0 aliphatic heterocycles. The van der Waals surface area contributed by atoms with E-state index in [9.17, 15) is 19.0 Å². The van der Waals surface area contributed by atoms with Crippen LogP contribution in [-0.4, -0.2) is 49.3 Å². The number of nitrogens with two attached hydrogens (primary N) is 1. The first kappa shape index (κ1) is 49.2. The smallest absolute Gasteiger partial charge is 0.462 e. The zero-order chi connectivity index (χ0) is 37.5. The number of carbonyl (C=O) groups excluding carboxylic acids is 2. The first-order valence-electron chi connectivity index (χ1n) is 20.5. The van der Waals surface area contributed by atoms with Gasteiger partial charge in [0.15, 0.2) is 6.10 Å². The molecule has 3 N–H and O–H groups in total. The number of rotatable bonds is 38. The number of hydrogen-bond acceptors (Lipinski definition) is 8. The summed E-state index contributed by atoms with van der Waals surface area (Å²) in [4.78, 5) is 34.7. The maximum absolute atomic E-state index is 12.5. The molecule has 0 rings (SSSR count). The number of ether oxygens (including phenoxy) is 2. The second-order valence-electron chi connectivity index (χ2n) is 13.5. The molecular weight excluding hydrogens is 665 g/mol. The Bertz CT molecular complexity index is 939. The maximum Gasteiger partial charge on any atom is 0.472 e. The fraction of sp³-hybridized carbons (Fsp3) is 0.805.